The highest BCUT2D eigenvalue weighted by atomic mass is 35.5. The number of carbonyl (C=O) groups excluding carboxylic acids is 1. The quantitative estimate of drug-likeness (QED) is 0.841. The molecular weight excluding hydrogens is 286 g/mol. The Hall–Kier alpha value is -1.07. The third-order valence-electron chi connectivity index (χ3n) is 3.31. The molecule has 1 amide bonds. The summed E-state index contributed by atoms with van der Waals surface area (Å²) in [5.74, 6) is -0.423. The second-order valence-electron chi connectivity index (χ2n) is 4.94. The van der Waals surface area contributed by atoms with Gasteiger partial charge >= 0.3 is 0 Å². The third kappa shape index (κ3) is 3.09. The predicted octanol–water partition coefficient (Wildman–Crippen LogP) is 1.44. The second kappa shape index (κ2) is 5.13. The second-order valence-corrected chi connectivity index (χ2v) is 7.65. The van der Waals surface area contributed by atoms with Crippen molar-refractivity contribution in [3.8, 4) is 0 Å². The van der Waals surface area contributed by atoms with Gasteiger partial charge in [0.25, 0.3) is 5.91 Å². The van der Waals surface area contributed by atoms with E-state index in [4.69, 9.17) is 11.6 Å². The number of halogens is 1. The molecule has 2 atom stereocenters. The van der Waals surface area contributed by atoms with Gasteiger partial charge in [-0.05, 0) is 25.0 Å². The van der Waals surface area contributed by atoms with Crippen LogP contribution in [0.15, 0.2) is 18.2 Å². The van der Waals surface area contributed by atoms with Crippen molar-refractivity contribution >= 4 is 27.3 Å². The van der Waals surface area contributed by atoms with E-state index >= 15 is 0 Å². The fourth-order valence-electron chi connectivity index (χ4n) is 2.35. The van der Waals surface area contributed by atoms with Crippen molar-refractivity contribution in [2.24, 2.45) is 0 Å². The summed E-state index contributed by atoms with van der Waals surface area (Å²) >= 11 is 5.98. The molecule has 0 saturated carbocycles. The molecule has 0 aliphatic carbocycles. The van der Waals surface area contributed by atoms with Crippen LogP contribution < -0.4 is 5.32 Å². The van der Waals surface area contributed by atoms with Crippen molar-refractivity contribution in [1.82, 2.24) is 5.32 Å². The van der Waals surface area contributed by atoms with Crippen LogP contribution in [-0.2, 0) is 9.84 Å². The van der Waals surface area contributed by atoms with Gasteiger partial charge in [-0.15, -0.1) is 11.6 Å². The van der Waals surface area contributed by atoms with Crippen molar-refractivity contribution in [1.29, 1.82) is 0 Å². The van der Waals surface area contributed by atoms with E-state index in [9.17, 15) is 13.2 Å². The number of carbonyl (C=O) groups is 1. The summed E-state index contributed by atoms with van der Waals surface area (Å²) < 4.78 is 22.9. The van der Waals surface area contributed by atoms with E-state index in [-0.39, 0.29) is 17.4 Å². The molecule has 1 fully saturated rings. The van der Waals surface area contributed by atoms with Gasteiger partial charge in [0.1, 0.15) is 0 Å². The molecule has 0 bridgehead atoms. The fraction of sp³-hybridized carbons (Fsp3) is 0.462. The number of aryl methyl sites for hydroxylation is 2. The van der Waals surface area contributed by atoms with Gasteiger partial charge in [0.2, 0.25) is 0 Å². The molecular formula is C13H16ClNO3S. The summed E-state index contributed by atoms with van der Waals surface area (Å²) in [6.07, 6.45) is 0. The average molecular weight is 302 g/mol. The number of benzene rings is 1. The summed E-state index contributed by atoms with van der Waals surface area (Å²) in [4.78, 5) is 12.2. The van der Waals surface area contributed by atoms with Gasteiger partial charge in [0.05, 0.1) is 22.9 Å². The number of amides is 1. The molecule has 1 aromatic rings. The van der Waals surface area contributed by atoms with Gasteiger partial charge in [-0.3, -0.25) is 4.79 Å². The molecule has 2 rings (SSSR count). The molecule has 1 N–H and O–H groups in total. The topological polar surface area (TPSA) is 63.2 Å². The molecule has 1 aliphatic heterocycles. The SMILES string of the molecule is Cc1cccc(C)c1C(=O)NC1CS(=O)(=O)CC1Cl. The molecule has 1 aromatic carbocycles. The van der Waals surface area contributed by atoms with E-state index in [0.717, 1.165) is 11.1 Å². The molecule has 4 nitrogen and oxygen atoms in total. The van der Waals surface area contributed by atoms with Gasteiger partial charge in [0, 0.05) is 5.56 Å². The van der Waals surface area contributed by atoms with Gasteiger partial charge in [-0.1, -0.05) is 18.2 Å². The summed E-state index contributed by atoms with van der Waals surface area (Å²) in [5.41, 5.74) is 2.32. The minimum Gasteiger partial charge on any atom is -0.347 e. The van der Waals surface area contributed by atoms with E-state index < -0.39 is 21.3 Å². The van der Waals surface area contributed by atoms with Crippen LogP contribution in [0.5, 0.6) is 0 Å². The first-order valence-electron chi connectivity index (χ1n) is 6.02. The highest BCUT2D eigenvalue weighted by molar-refractivity contribution is 7.91. The number of alkyl halides is 1. The molecule has 1 aliphatic rings. The summed E-state index contributed by atoms with van der Waals surface area (Å²) in [6, 6.07) is 5.07. The van der Waals surface area contributed by atoms with Gasteiger partial charge in [-0.2, -0.15) is 0 Å². The van der Waals surface area contributed by atoms with Gasteiger partial charge in [-0.25, -0.2) is 8.42 Å². The molecule has 104 valence electrons. The maximum atomic E-state index is 12.2. The van der Waals surface area contributed by atoms with E-state index in [1.165, 1.54) is 0 Å². The smallest absolute Gasteiger partial charge is 0.252 e. The Bertz CT molecular complexity index is 592. The van der Waals surface area contributed by atoms with Crippen LogP contribution in [0.4, 0.5) is 0 Å². The normalized spacial score (nSPS) is 25.2. The molecule has 1 heterocycles. The zero-order chi connectivity index (χ0) is 14.2. The Balaban J connectivity index is 2.19. The average Bonchev–Trinajstić information content (AvgIpc) is 2.51. The van der Waals surface area contributed by atoms with Crippen LogP contribution in [0.2, 0.25) is 0 Å². The lowest BCUT2D eigenvalue weighted by atomic mass is 10.0. The monoisotopic (exact) mass is 301 g/mol. The molecule has 0 aromatic heterocycles. The Morgan fingerprint density at radius 2 is 1.84 bits per heavy atom. The van der Waals surface area contributed by atoms with E-state index in [1.807, 2.05) is 32.0 Å². The number of hydrogen-bond acceptors (Lipinski definition) is 3. The third-order valence-corrected chi connectivity index (χ3v) is 5.68. The predicted molar refractivity (Wildman–Crippen MR) is 75.5 cm³/mol. The molecule has 0 radical (unpaired) electrons. The Morgan fingerprint density at radius 1 is 1.26 bits per heavy atom. The van der Waals surface area contributed by atoms with E-state index in [1.54, 1.807) is 0 Å². The van der Waals surface area contributed by atoms with Gasteiger partial charge in [0.15, 0.2) is 9.84 Å². The molecule has 1 saturated heterocycles. The molecule has 0 spiro atoms. The van der Waals surface area contributed by atoms with Crippen molar-refractivity contribution in [2.75, 3.05) is 11.5 Å². The van der Waals surface area contributed by atoms with Crippen LogP contribution in [0, 0.1) is 13.8 Å². The number of sulfone groups is 1. The Labute approximate surface area is 118 Å². The lowest BCUT2D eigenvalue weighted by molar-refractivity contribution is 0.0940. The van der Waals surface area contributed by atoms with Crippen LogP contribution in [0.3, 0.4) is 0 Å². The lowest BCUT2D eigenvalue weighted by Crippen LogP contribution is -2.41. The van der Waals surface area contributed by atoms with Crippen LogP contribution >= 0.6 is 11.6 Å². The summed E-state index contributed by atoms with van der Waals surface area (Å²) in [7, 11) is -3.14. The fourth-order valence-corrected chi connectivity index (χ4v) is 4.90. The van der Waals surface area contributed by atoms with Crippen molar-refractivity contribution in [2.45, 2.75) is 25.3 Å². The molecule has 6 heteroatoms. The first kappa shape index (κ1) is 14.3. The number of hydrogen-bond donors (Lipinski definition) is 1. The maximum absolute atomic E-state index is 12.2. The van der Waals surface area contributed by atoms with E-state index in [0.29, 0.717) is 5.56 Å². The zero-order valence-electron chi connectivity index (χ0n) is 10.8. The zero-order valence-corrected chi connectivity index (χ0v) is 12.4. The standard InChI is InChI=1S/C13H16ClNO3S/c1-8-4-3-5-9(2)12(8)13(16)15-11-7-19(17,18)6-10(11)14/h3-5,10-11H,6-7H2,1-2H3,(H,15,16). The number of rotatable bonds is 2. The molecule has 19 heavy (non-hydrogen) atoms. The summed E-state index contributed by atoms with van der Waals surface area (Å²) in [5, 5.41) is 2.17. The van der Waals surface area contributed by atoms with Crippen molar-refractivity contribution in [3.63, 3.8) is 0 Å². The number of nitrogens with one attached hydrogen (secondary N) is 1. The Kier molecular flexibility index (Phi) is 3.87. The van der Waals surface area contributed by atoms with E-state index in [2.05, 4.69) is 5.32 Å². The molecule has 2 unspecified atom stereocenters. The van der Waals surface area contributed by atoms with Crippen LogP contribution in [0.25, 0.3) is 0 Å². The van der Waals surface area contributed by atoms with Crippen molar-refractivity contribution < 1.29 is 13.2 Å². The lowest BCUT2D eigenvalue weighted by Gasteiger charge is -2.16. The largest absolute Gasteiger partial charge is 0.347 e. The van der Waals surface area contributed by atoms with Gasteiger partial charge < -0.3 is 5.32 Å². The van der Waals surface area contributed by atoms with Crippen molar-refractivity contribution in [3.05, 3.63) is 34.9 Å². The van der Waals surface area contributed by atoms with Crippen LogP contribution in [0.1, 0.15) is 21.5 Å². The minimum absolute atomic E-state index is 0.0771. The highest BCUT2D eigenvalue weighted by Crippen LogP contribution is 2.20. The summed E-state index contributed by atoms with van der Waals surface area (Å²) in [6.45, 7) is 3.71. The maximum Gasteiger partial charge on any atom is 0.252 e. The Morgan fingerprint density at radius 3 is 2.32 bits per heavy atom. The highest BCUT2D eigenvalue weighted by Gasteiger charge is 2.37. The van der Waals surface area contributed by atoms with Crippen LogP contribution in [-0.4, -0.2) is 37.2 Å². The minimum atomic E-state index is -3.14. The first-order valence-corrected chi connectivity index (χ1v) is 8.27. The first-order chi connectivity index (χ1) is 8.80.